The Morgan fingerprint density at radius 3 is 2.54 bits per heavy atom. The maximum Gasteiger partial charge on any atom is 0.322 e. The van der Waals surface area contributed by atoms with E-state index in [1.54, 1.807) is 6.20 Å². The molecule has 1 aromatic carbocycles. The van der Waals surface area contributed by atoms with Gasteiger partial charge in [0.1, 0.15) is 5.82 Å². The van der Waals surface area contributed by atoms with Crippen LogP contribution in [0.25, 0.3) is 0 Å². The third kappa shape index (κ3) is 4.58. The summed E-state index contributed by atoms with van der Waals surface area (Å²) < 4.78 is 0. The molecule has 0 aliphatic carbocycles. The number of hydrogen-bond acceptors (Lipinski definition) is 3. The van der Waals surface area contributed by atoms with Gasteiger partial charge in [-0.15, -0.1) is 0 Å². The zero-order valence-corrected chi connectivity index (χ0v) is 17.8. The van der Waals surface area contributed by atoms with Gasteiger partial charge in [-0.3, -0.25) is 0 Å². The average Bonchev–Trinajstić information content (AvgIpc) is 2.67. The molecular weight excluding hydrogens is 372 g/mol. The molecule has 0 saturated carbocycles. The first-order valence-corrected chi connectivity index (χ1v) is 10.2. The second-order valence-electron chi connectivity index (χ2n) is 8.27. The minimum Gasteiger partial charge on any atom is -0.352 e. The molecular formula is C22H29ClN4O. The molecule has 1 unspecified atom stereocenters. The fourth-order valence-corrected chi connectivity index (χ4v) is 3.76. The molecule has 0 spiro atoms. The first kappa shape index (κ1) is 20.5. The zero-order chi connectivity index (χ0) is 20.3. The van der Waals surface area contributed by atoms with Crippen LogP contribution in [0.3, 0.4) is 0 Å². The number of benzene rings is 1. The normalized spacial score (nSPS) is 17.5. The Morgan fingerprint density at radius 2 is 1.93 bits per heavy atom. The van der Waals surface area contributed by atoms with Gasteiger partial charge < -0.3 is 15.1 Å². The smallest absolute Gasteiger partial charge is 0.322 e. The fourth-order valence-electron chi connectivity index (χ4n) is 3.52. The summed E-state index contributed by atoms with van der Waals surface area (Å²) in [5, 5.41) is 3.69. The fraction of sp³-hybridized carbons (Fsp3) is 0.455. The van der Waals surface area contributed by atoms with E-state index < -0.39 is 0 Å². The van der Waals surface area contributed by atoms with E-state index in [9.17, 15) is 4.79 Å². The predicted molar refractivity (Wildman–Crippen MR) is 116 cm³/mol. The van der Waals surface area contributed by atoms with Crippen LogP contribution in [0.15, 0.2) is 42.6 Å². The standard InChI is InChI=1S/C22H29ClN4O/c1-5-18-15-26(20-19(23)7-6-12-24-20)13-14-27(18)21(28)25-17-10-8-16(9-11-17)22(2,3)4/h6-12,18H,5,13-15H2,1-4H3,(H,25,28). The van der Waals surface area contributed by atoms with E-state index in [4.69, 9.17) is 11.6 Å². The van der Waals surface area contributed by atoms with E-state index in [0.717, 1.165) is 24.5 Å². The van der Waals surface area contributed by atoms with E-state index >= 15 is 0 Å². The van der Waals surface area contributed by atoms with Gasteiger partial charge in [-0.2, -0.15) is 0 Å². The number of nitrogens with one attached hydrogen (secondary N) is 1. The van der Waals surface area contributed by atoms with Gasteiger partial charge in [0.25, 0.3) is 0 Å². The van der Waals surface area contributed by atoms with Crippen molar-refractivity contribution in [3.05, 3.63) is 53.2 Å². The van der Waals surface area contributed by atoms with Crippen LogP contribution in [0, 0.1) is 0 Å². The topological polar surface area (TPSA) is 48.5 Å². The van der Waals surface area contributed by atoms with Crippen molar-refractivity contribution < 1.29 is 4.79 Å². The molecule has 1 aliphatic heterocycles. The number of amides is 2. The van der Waals surface area contributed by atoms with Gasteiger partial charge in [-0.05, 0) is 41.7 Å². The largest absolute Gasteiger partial charge is 0.352 e. The molecule has 6 heteroatoms. The maximum atomic E-state index is 12.9. The lowest BCUT2D eigenvalue weighted by Crippen LogP contribution is -2.56. The molecule has 3 rings (SSSR count). The van der Waals surface area contributed by atoms with Crippen molar-refractivity contribution >= 4 is 29.1 Å². The summed E-state index contributed by atoms with van der Waals surface area (Å²) in [7, 11) is 0. The van der Waals surface area contributed by atoms with Gasteiger partial charge in [0.05, 0.1) is 11.1 Å². The second-order valence-corrected chi connectivity index (χ2v) is 8.68. The van der Waals surface area contributed by atoms with Crippen LogP contribution in [0.4, 0.5) is 16.3 Å². The summed E-state index contributed by atoms with van der Waals surface area (Å²) in [6, 6.07) is 11.8. The molecule has 2 aromatic rings. The average molecular weight is 401 g/mol. The van der Waals surface area contributed by atoms with Crippen LogP contribution in [0.1, 0.15) is 39.7 Å². The van der Waals surface area contributed by atoms with Crippen LogP contribution >= 0.6 is 11.6 Å². The Balaban J connectivity index is 1.66. The van der Waals surface area contributed by atoms with Gasteiger partial charge in [-0.25, -0.2) is 9.78 Å². The molecule has 0 bridgehead atoms. The lowest BCUT2D eigenvalue weighted by Gasteiger charge is -2.41. The van der Waals surface area contributed by atoms with Crippen LogP contribution < -0.4 is 10.2 Å². The van der Waals surface area contributed by atoms with Crippen molar-refractivity contribution in [2.75, 3.05) is 29.9 Å². The van der Waals surface area contributed by atoms with Crippen molar-refractivity contribution in [1.82, 2.24) is 9.88 Å². The minimum atomic E-state index is -0.0536. The number of halogens is 1. The monoisotopic (exact) mass is 400 g/mol. The first-order chi connectivity index (χ1) is 13.3. The number of anilines is 2. The highest BCUT2D eigenvalue weighted by molar-refractivity contribution is 6.32. The van der Waals surface area contributed by atoms with E-state index in [2.05, 4.69) is 55.0 Å². The lowest BCUT2D eigenvalue weighted by atomic mass is 9.87. The number of nitrogens with zero attached hydrogens (tertiary/aromatic N) is 3. The number of hydrogen-bond donors (Lipinski definition) is 1. The highest BCUT2D eigenvalue weighted by atomic mass is 35.5. The zero-order valence-electron chi connectivity index (χ0n) is 17.1. The minimum absolute atomic E-state index is 0.0536. The number of aromatic nitrogens is 1. The van der Waals surface area contributed by atoms with E-state index in [1.807, 2.05) is 29.2 Å². The first-order valence-electron chi connectivity index (χ1n) is 9.83. The highest BCUT2D eigenvalue weighted by Gasteiger charge is 2.30. The summed E-state index contributed by atoms with van der Waals surface area (Å²) in [5.41, 5.74) is 2.17. The lowest BCUT2D eigenvalue weighted by molar-refractivity contribution is 0.176. The van der Waals surface area contributed by atoms with E-state index in [0.29, 0.717) is 18.1 Å². The van der Waals surface area contributed by atoms with Crippen LogP contribution in [-0.4, -0.2) is 41.6 Å². The number of carbonyl (C=O) groups excluding carboxylic acids is 1. The molecule has 2 heterocycles. The van der Waals surface area contributed by atoms with E-state index in [-0.39, 0.29) is 17.5 Å². The predicted octanol–water partition coefficient (Wildman–Crippen LogP) is 5.17. The number of urea groups is 1. The van der Waals surface area contributed by atoms with Gasteiger partial charge in [-0.1, -0.05) is 51.4 Å². The molecule has 1 saturated heterocycles. The van der Waals surface area contributed by atoms with Crippen LogP contribution in [-0.2, 0) is 5.41 Å². The molecule has 2 amide bonds. The Hall–Kier alpha value is -2.27. The molecule has 1 fully saturated rings. The molecule has 0 radical (unpaired) electrons. The van der Waals surface area contributed by atoms with E-state index in [1.165, 1.54) is 5.56 Å². The number of carbonyl (C=O) groups is 1. The van der Waals surface area contributed by atoms with Crippen LogP contribution in [0.5, 0.6) is 0 Å². The molecule has 1 aromatic heterocycles. The summed E-state index contributed by atoms with van der Waals surface area (Å²) in [6.07, 6.45) is 2.62. The third-order valence-electron chi connectivity index (χ3n) is 5.26. The Morgan fingerprint density at radius 1 is 1.21 bits per heavy atom. The Bertz CT molecular complexity index is 816. The van der Waals surface area contributed by atoms with Crippen molar-refractivity contribution in [2.24, 2.45) is 0 Å². The Kier molecular flexibility index (Phi) is 6.14. The summed E-state index contributed by atoms with van der Waals surface area (Å²) in [5.74, 6) is 0.792. The quantitative estimate of drug-likeness (QED) is 0.773. The molecule has 1 atom stereocenters. The highest BCUT2D eigenvalue weighted by Crippen LogP contribution is 2.27. The summed E-state index contributed by atoms with van der Waals surface area (Å²) in [6.45, 7) is 10.7. The summed E-state index contributed by atoms with van der Waals surface area (Å²) >= 11 is 6.30. The number of rotatable bonds is 3. The van der Waals surface area contributed by atoms with Gasteiger partial charge in [0, 0.05) is 31.5 Å². The molecule has 5 nitrogen and oxygen atoms in total. The summed E-state index contributed by atoms with van der Waals surface area (Å²) in [4.78, 5) is 21.4. The molecule has 28 heavy (non-hydrogen) atoms. The van der Waals surface area contributed by atoms with Crippen LogP contribution in [0.2, 0.25) is 5.02 Å². The van der Waals surface area contributed by atoms with Gasteiger partial charge >= 0.3 is 6.03 Å². The molecule has 1 N–H and O–H groups in total. The maximum absolute atomic E-state index is 12.9. The molecule has 1 aliphatic rings. The molecule has 150 valence electrons. The second kappa shape index (κ2) is 8.39. The van der Waals surface area contributed by atoms with Crippen molar-refractivity contribution in [3.8, 4) is 0 Å². The number of pyridine rings is 1. The number of piperazine rings is 1. The van der Waals surface area contributed by atoms with Gasteiger partial charge in [0.15, 0.2) is 0 Å². The Labute approximate surface area is 172 Å². The van der Waals surface area contributed by atoms with Crippen molar-refractivity contribution in [2.45, 2.75) is 45.6 Å². The van der Waals surface area contributed by atoms with Crippen molar-refractivity contribution in [1.29, 1.82) is 0 Å². The SMILES string of the molecule is CCC1CN(c2ncccc2Cl)CCN1C(=O)Nc1ccc(C(C)(C)C)cc1. The van der Waals surface area contributed by atoms with Crippen molar-refractivity contribution in [3.63, 3.8) is 0 Å². The third-order valence-corrected chi connectivity index (χ3v) is 5.55. The van der Waals surface area contributed by atoms with Gasteiger partial charge in [0.2, 0.25) is 0 Å².